The maximum atomic E-state index is 12.0. The lowest BCUT2D eigenvalue weighted by Gasteiger charge is -2.13. The third kappa shape index (κ3) is 6.91. The Balaban J connectivity index is 2.03. The number of ether oxygens (including phenoxy) is 4. The van der Waals surface area contributed by atoms with Crippen molar-refractivity contribution in [1.82, 2.24) is 9.97 Å². The second-order valence-electron chi connectivity index (χ2n) is 7.47. The van der Waals surface area contributed by atoms with Crippen LogP contribution in [-0.4, -0.2) is 46.6 Å². The first-order valence-electron chi connectivity index (χ1n) is 11.3. The Labute approximate surface area is 217 Å². The summed E-state index contributed by atoms with van der Waals surface area (Å²) in [5.74, 6) is -1.68. The Hall–Kier alpha value is -5.25. The summed E-state index contributed by atoms with van der Waals surface area (Å²) in [6, 6.07) is 12.1. The monoisotopic (exact) mass is 521 g/mol. The minimum Gasteiger partial charge on any atom is -0.465 e. The molecule has 3 aromatic rings. The number of benzene rings is 2. The molecule has 13 nitrogen and oxygen atoms in total. The molecule has 1 N–H and O–H groups in total. The topological polar surface area (TPSA) is 176 Å². The van der Waals surface area contributed by atoms with E-state index >= 15 is 0 Å². The molecule has 0 atom stereocenters. The molecule has 0 fully saturated rings. The van der Waals surface area contributed by atoms with Crippen molar-refractivity contribution in [1.29, 1.82) is 5.26 Å². The van der Waals surface area contributed by atoms with Crippen molar-refractivity contribution in [2.24, 2.45) is 0 Å². The summed E-state index contributed by atoms with van der Waals surface area (Å²) in [6.45, 7) is 4.90. The smallest absolute Gasteiger partial charge is 0.373 e. The summed E-state index contributed by atoms with van der Waals surface area (Å²) >= 11 is 0. The number of carbonyl (C=O) groups excluding carboxylic acids is 2. The quantitative estimate of drug-likeness (QED) is 0.215. The molecule has 0 saturated carbocycles. The number of hydrogen-bond donors (Lipinski definition) is 1. The molecule has 2 aromatic carbocycles. The van der Waals surface area contributed by atoms with E-state index in [-0.39, 0.29) is 47.7 Å². The average Bonchev–Trinajstić information content (AvgIpc) is 2.89. The van der Waals surface area contributed by atoms with Crippen LogP contribution in [0.15, 0.2) is 42.5 Å². The summed E-state index contributed by atoms with van der Waals surface area (Å²) in [5.41, 5.74) is 0.467. The molecule has 0 spiro atoms. The Bertz CT molecular complexity index is 1390. The van der Waals surface area contributed by atoms with E-state index < -0.39 is 35.0 Å². The number of hydrogen-bond acceptors (Lipinski definition) is 12. The second-order valence-corrected chi connectivity index (χ2v) is 7.47. The fourth-order valence-corrected chi connectivity index (χ4v) is 3.05. The number of esters is 2. The molecule has 38 heavy (non-hydrogen) atoms. The molecule has 0 aliphatic heterocycles. The van der Waals surface area contributed by atoms with Gasteiger partial charge < -0.3 is 24.3 Å². The van der Waals surface area contributed by atoms with Crippen molar-refractivity contribution < 1.29 is 33.5 Å². The maximum Gasteiger partial charge on any atom is 0.373 e. The van der Waals surface area contributed by atoms with Crippen molar-refractivity contribution in [3.8, 4) is 29.5 Å². The number of nitrogens with zero attached hydrogens (tertiary/aromatic N) is 4. The highest BCUT2D eigenvalue weighted by Crippen LogP contribution is 2.38. The van der Waals surface area contributed by atoms with Crippen LogP contribution in [0.3, 0.4) is 0 Å². The van der Waals surface area contributed by atoms with Crippen LogP contribution < -0.4 is 14.8 Å². The van der Waals surface area contributed by atoms with Gasteiger partial charge in [-0.2, -0.15) is 15.2 Å². The van der Waals surface area contributed by atoms with Gasteiger partial charge in [0.1, 0.15) is 18.0 Å². The van der Waals surface area contributed by atoms with E-state index in [9.17, 15) is 25.0 Å². The van der Waals surface area contributed by atoms with Gasteiger partial charge in [0, 0.05) is 0 Å². The predicted molar refractivity (Wildman–Crippen MR) is 132 cm³/mol. The number of carbonyl (C=O) groups is 2. The third-order valence-corrected chi connectivity index (χ3v) is 4.82. The van der Waals surface area contributed by atoms with E-state index in [0.717, 1.165) is 0 Å². The Morgan fingerprint density at radius 2 is 1.76 bits per heavy atom. The zero-order valence-corrected chi connectivity index (χ0v) is 20.7. The lowest BCUT2D eigenvalue weighted by Crippen LogP contribution is -2.18. The molecule has 0 radical (unpaired) electrons. The van der Waals surface area contributed by atoms with E-state index in [0.29, 0.717) is 5.56 Å². The Morgan fingerprint density at radius 3 is 2.39 bits per heavy atom. The largest absolute Gasteiger partial charge is 0.465 e. The minimum absolute atomic E-state index is 0.116. The molecule has 1 aromatic heterocycles. The van der Waals surface area contributed by atoms with Crippen LogP contribution in [0, 0.1) is 28.4 Å². The molecule has 0 aliphatic carbocycles. The van der Waals surface area contributed by atoms with Crippen molar-refractivity contribution >= 4 is 23.4 Å². The molecular formula is C25H23N5O8. The van der Waals surface area contributed by atoms with Crippen LogP contribution in [0.2, 0.25) is 0 Å². The van der Waals surface area contributed by atoms with Crippen LogP contribution in [0.25, 0.3) is 0 Å². The summed E-state index contributed by atoms with van der Waals surface area (Å²) in [6.07, 6.45) is 0. The first-order valence-corrected chi connectivity index (χ1v) is 11.3. The highest BCUT2D eigenvalue weighted by molar-refractivity contribution is 5.89. The van der Waals surface area contributed by atoms with Gasteiger partial charge in [-0.05, 0) is 62.7 Å². The molecule has 0 unspecified atom stereocenters. The van der Waals surface area contributed by atoms with Crippen LogP contribution in [-0.2, 0) is 14.3 Å². The van der Waals surface area contributed by atoms with Gasteiger partial charge in [0.05, 0.1) is 35.3 Å². The number of nitrogens with one attached hydrogen (secondary N) is 1. The summed E-state index contributed by atoms with van der Waals surface area (Å²) in [7, 11) is 0. The van der Waals surface area contributed by atoms with Crippen LogP contribution in [0.1, 0.15) is 35.3 Å². The van der Waals surface area contributed by atoms with Gasteiger partial charge in [0.2, 0.25) is 5.82 Å². The normalized spacial score (nSPS) is 10.2. The highest BCUT2D eigenvalue weighted by Gasteiger charge is 2.29. The van der Waals surface area contributed by atoms with Gasteiger partial charge in [0.15, 0.2) is 0 Å². The van der Waals surface area contributed by atoms with Gasteiger partial charge in [-0.15, -0.1) is 0 Å². The SMILES string of the molecule is CCOC(=O)CNc1nc(Oc2ccc(C(=O)OCC)cc2)nc(Oc2cc(C#N)ccc2C)c1[N+](=O)[O-]. The molecule has 3 rings (SSSR count). The standard InChI is InChI=1S/C25H23N5O8/c1-4-35-20(31)14-27-22-21(30(33)34)23(38-19-12-16(13-26)7-6-15(19)3)29-25(28-22)37-18-10-8-17(9-11-18)24(32)36-5-2/h6-12H,4-5,14H2,1-3H3,(H,27,28,29). The van der Waals surface area contributed by atoms with E-state index in [1.165, 1.54) is 30.3 Å². The fourth-order valence-electron chi connectivity index (χ4n) is 3.05. The molecule has 1 heterocycles. The number of nitriles is 1. The number of anilines is 1. The molecule has 0 bridgehead atoms. The third-order valence-electron chi connectivity index (χ3n) is 4.82. The van der Waals surface area contributed by atoms with Gasteiger partial charge in [-0.25, -0.2) is 4.79 Å². The average molecular weight is 521 g/mol. The van der Waals surface area contributed by atoms with E-state index in [1.54, 1.807) is 32.9 Å². The number of aryl methyl sites for hydroxylation is 1. The zero-order chi connectivity index (χ0) is 27.7. The lowest BCUT2D eigenvalue weighted by molar-refractivity contribution is -0.385. The van der Waals surface area contributed by atoms with Crippen molar-refractivity contribution in [3.63, 3.8) is 0 Å². The zero-order valence-electron chi connectivity index (χ0n) is 20.7. The minimum atomic E-state index is -0.774. The van der Waals surface area contributed by atoms with E-state index in [2.05, 4.69) is 15.3 Å². The van der Waals surface area contributed by atoms with Gasteiger partial charge in [-0.3, -0.25) is 14.9 Å². The van der Waals surface area contributed by atoms with Crippen LogP contribution >= 0.6 is 0 Å². The van der Waals surface area contributed by atoms with E-state index in [4.69, 9.17) is 18.9 Å². The van der Waals surface area contributed by atoms with E-state index in [1.807, 2.05) is 6.07 Å². The molecule has 0 saturated heterocycles. The summed E-state index contributed by atoms with van der Waals surface area (Å²) < 4.78 is 21.2. The van der Waals surface area contributed by atoms with Gasteiger partial charge in [-0.1, -0.05) is 6.07 Å². The Morgan fingerprint density at radius 1 is 1.05 bits per heavy atom. The molecule has 0 amide bonds. The Kier molecular flexibility index (Phi) is 9.09. The van der Waals surface area contributed by atoms with Crippen molar-refractivity contribution in [2.45, 2.75) is 20.8 Å². The van der Waals surface area contributed by atoms with Crippen molar-refractivity contribution in [3.05, 3.63) is 69.3 Å². The maximum absolute atomic E-state index is 12.0. The first-order chi connectivity index (χ1) is 18.2. The number of rotatable bonds is 11. The van der Waals surface area contributed by atoms with Crippen LogP contribution in [0.5, 0.6) is 23.4 Å². The molecule has 0 aliphatic rings. The molecular weight excluding hydrogens is 498 g/mol. The van der Waals surface area contributed by atoms with Crippen LogP contribution in [0.4, 0.5) is 11.5 Å². The number of nitro groups is 1. The first kappa shape index (κ1) is 27.3. The fraction of sp³-hybridized carbons (Fsp3) is 0.240. The van der Waals surface area contributed by atoms with Gasteiger partial charge >= 0.3 is 29.5 Å². The van der Waals surface area contributed by atoms with Crippen molar-refractivity contribution in [2.75, 3.05) is 25.1 Å². The summed E-state index contributed by atoms with van der Waals surface area (Å²) in [5, 5.41) is 23.8. The second kappa shape index (κ2) is 12.6. The summed E-state index contributed by atoms with van der Waals surface area (Å²) in [4.78, 5) is 43.1. The highest BCUT2D eigenvalue weighted by atomic mass is 16.6. The van der Waals surface area contributed by atoms with Gasteiger partial charge in [0.25, 0.3) is 0 Å². The molecule has 196 valence electrons. The predicted octanol–water partition coefficient (Wildman–Crippen LogP) is 4.30. The lowest BCUT2D eigenvalue weighted by atomic mass is 10.1. The number of aromatic nitrogens is 2. The molecule has 13 heteroatoms.